The predicted octanol–water partition coefficient (Wildman–Crippen LogP) is 3.90. The van der Waals surface area contributed by atoms with Crippen molar-refractivity contribution >= 4 is 23.5 Å². The molecule has 1 spiro atoms. The highest BCUT2D eigenvalue weighted by Crippen LogP contribution is 2.66. The van der Waals surface area contributed by atoms with E-state index in [0.29, 0.717) is 54.4 Å². The molecule has 4 fully saturated rings. The van der Waals surface area contributed by atoms with E-state index in [1.54, 1.807) is 0 Å². The third-order valence-corrected chi connectivity index (χ3v) is 10.3. The van der Waals surface area contributed by atoms with Crippen LogP contribution in [0.3, 0.4) is 0 Å². The second kappa shape index (κ2) is 6.93. The maximum atomic E-state index is 14.1. The highest BCUT2D eigenvalue weighted by atomic mass is 16.6. The number of Topliss-reactive ketones (excluding diaryl/α,β-unsaturated/α-hetero) is 2. The zero-order valence-corrected chi connectivity index (χ0v) is 20.1. The lowest BCUT2D eigenvalue weighted by Gasteiger charge is -2.43. The summed E-state index contributed by atoms with van der Waals surface area (Å²) in [6.07, 6.45) is 4.44. The van der Waals surface area contributed by atoms with Gasteiger partial charge in [-0.05, 0) is 49.2 Å². The number of hydrogen-bond donors (Lipinski definition) is 0. The molecule has 7 rings (SSSR count). The third kappa shape index (κ3) is 2.38. The summed E-state index contributed by atoms with van der Waals surface area (Å²) in [5, 5.41) is 0. The van der Waals surface area contributed by atoms with Gasteiger partial charge in [0.05, 0.1) is 11.3 Å². The van der Waals surface area contributed by atoms with Crippen LogP contribution in [0.5, 0.6) is 0 Å². The molecule has 0 bridgehead atoms. The molecule has 184 valence electrons. The Hall–Kier alpha value is -3.28. The summed E-state index contributed by atoms with van der Waals surface area (Å²) in [6.45, 7) is 16.5. The number of ketones is 2. The molecule has 8 unspecified atom stereocenters. The molecular weight excluding hydrogens is 456 g/mol. The Bertz CT molecular complexity index is 1340. The molecule has 36 heavy (non-hydrogen) atoms. The lowest BCUT2D eigenvalue weighted by atomic mass is 9.59. The molecule has 0 aromatic rings. The van der Waals surface area contributed by atoms with Crippen molar-refractivity contribution in [3.05, 3.63) is 71.4 Å². The van der Waals surface area contributed by atoms with Gasteiger partial charge >= 0.3 is 11.9 Å². The molecule has 2 heterocycles. The van der Waals surface area contributed by atoms with Crippen LogP contribution in [0, 0.1) is 35.0 Å². The highest BCUT2D eigenvalue weighted by Gasteiger charge is 2.68. The molecule has 6 heteroatoms. The van der Waals surface area contributed by atoms with Crippen molar-refractivity contribution in [2.45, 2.75) is 50.7 Å². The van der Waals surface area contributed by atoms with Crippen molar-refractivity contribution in [2.24, 2.45) is 35.0 Å². The highest BCUT2D eigenvalue weighted by molar-refractivity contribution is 6.18. The smallest absolute Gasteiger partial charge is 0.334 e. The molecule has 0 radical (unpaired) electrons. The molecule has 0 amide bonds. The summed E-state index contributed by atoms with van der Waals surface area (Å²) in [6, 6.07) is 0. The van der Waals surface area contributed by atoms with E-state index in [1.165, 1.54) is 0 Å². The van der Waals surface area contributed by atoms with Gasteiger partial charge in [-0.1, -0.05) is 38.0 Å². The van der Waals surface area contributed by atoms with Gasteiger partial charge in [-0.2, -0.15) is 0 Å². The van der Waals surface area contributed by atoms with E-state index in [1.807, 2.05) is 0 Å². The van der Waals surface area contributed by atoms with Crippen molar-refractivity contribution in [3.8, 4) is 0 Å². The second-order valence-electron chi connectivity index (χ2n) is 11.5. The summed E-state index contributed by atoms with van der Waals surface area (Å²) in [4.78, 5) is 53.2. The SMILES string of the molecule is C=C1C(=O)OC2C1CC=C1CCC3(C(=O)CC4C(=C)CCC5C(=C)C(=O)OC5C43)C3=C1C2C(=C)C3=O. The van der Waals surface area contributed by atoms with Crippen molar-refractivity contribution in [3.63, 3.8) is 0 Å². The largest absolute Gasteiger partial charge is 0.458 e. The second-order valence-corrected chi connectivity index (χ2v) is 11.5. The molecule has 0 N–H and O–H groups in total. The molecule has 6 nitrogen and oxygen atoms in total. The fourth-order valence-corrected chi connectivity index (χ4v) is 8.58. The number of hydrogen-bond acceptors (Lipinski definition) is 6. The number of allylic oxidation sites excluding steroid dienone is 4. The van der Waals surface area contributed by atoms with E-state index >= 15 is 0 Å². The molecule has 2 saturated carbocycles. The van der Waals surface area contributed by atoms with Crippen molar-refractivity contribution < 1.29 is 28.7 Å². The van der Waals surface area contributed by atoms with E-state index in [2.05, 4.69) is 32.4 Å². The van der Waals surface area contributed by atoms with E-state index in [-0.39, 0.29) is 41.7 Å². The summed E-state index contributed by atoms with van der Waals surface area (Å²) < 4.78 is 11.7. The quantitative estimate of drug-likeness (QED) is 0.295. The molecule has 7 aliphatic rings. The minimum absolute atomic E-state index is 0.0184. The van der Waals surface area contributed by atoms with Gasteiger partial charge in [-0.25, -0.2) is 9.59 Å². The minimum atomic E-state index is -1.08. The molecule has 0 aromatic carbocycles. The van der Waals surface area contributed by atoms with Crippen LogP contribution < -0.4 is 0 Å². The molecule has 2 saturated heterocycles. The van der Waals surface area contributed by atoms with E-state index in [0.717, 1.165) is 16.7 Å². The Morgan fingerprint density at radius 3 is 2.28 bits per heavy atom. The van der Waals surface area contributed by atoms with E-state index in [9.17, 15) is 19.2 Å². The number of ether oxygens (including phenoxy) is 2. The maximum Gasteiger partial charge on any atom is 0.334 e. The Morgan fingerprint density at radius 1 is 0.833 bits per heavy atom. The zero-order valence-electron chi connectivity index (χ0n) is 20.1. The van der Waals surface area contributed by atoms with Gasteiger partial charge in [0.2, 0.25) is 0 Å². The van der Waals surface area contributed by atoms with E-state index in [4.69, 9.17) is 9.47 Å². The first kappa shape index (κ1) is 22.0. The monoisotopic (exact) mass is 484 g/mol. The number of rotatable bonds is 0. The summed E-state index contributed by atoms with van der Waals surface area (Å²) in [5.41, 5.74) is 3.52. The molecule has 0 aromatic heterocycles. The van der Waals surface area contributed by atoms with Crippen LogP contribution in [-0.2, 0) is 28.7 Å². The fourth-order valence-electron chi connectivity index (χ4n) is 8.58. The average Bonchev–Trinajstić information content (AvgIpc) is 3.41. The van der Waals surface area contributed by atoms with Crippen LogP contribution in [0.25, 0.3) is 0 Å². The zero-order chi connectivity index (χ0) is 25.3. The number of carbonyl (C=O) groups excluding carboxylic acids is 4. The van der Waals surface area contributed by atoms with Gasteiger partial charge < -0.3 is 9.47 Å². The third-order valence-electron chi connectivity index (χ3n) is 10.3. The van der Waals surface area contributed by atoms with Gasteiger partial charge in [-0.3, -0.25) is 9.59 Å². The Balaban J connectivity index is 1.46. The summed E-state index contributed by atoms with van der Waals surface area (Å²) in [5.74, 6) is -2.47. The molecule has 5 aliphatic carbocycles. The summed E-state index contributed by atoms with van der Waals surface area (Å²) >= 11 is 0. The predicted molar refractivity (Wildman–Crippen MR) is 129 cm³/mol. The summed E-state index contributed by atoms with van der Waals surface area (Å²) in [7, 11) is 0. The first-order valence-electron chi connectivity index (χ1n) is 12.8. The van der Waals surface area contributed by atoms with Gasteiger partial charge in [0, 0.05) is 46.5 Å². The Labute approximate surface area is 209 Å². The van der Waals surface area contributed by atoms with Crippen LogP contribution >= 0.6 is 0 Å². The molecule has 8 atom stereocenters. The number of carbonyl (C=O) groups is 4. The van der Waals surface area contributed by atoms with Gasteiger partial charge in [0.1, 0.15) is 18.0 Å². The number of esters is 2. The van der Waals surface area contributed by atoms with Crippen LogP contribution in [-0.4, -0.2) is 35.7 Å². The Morgan fingerprint density at radius 2 is 1.53 bits per heavy atom. The average molecular weight is 485 g/mol. The van der Waals surface area contributed by atoms with Gasteiger partial charge in [0.25, 0.3) is 0 Å². The van der Waals surface area contributed by atoms with Crippen LogP contribution in [0.4, 0.5) is 0 Å². The van der Waals surface area contributed by atoms with Crippen LogP contribution in [0.2, 0.25) is 0 Å². The van der Waals surface area contributed by atoms with Crippen LogP contribution in [0.15, 0.2) is 71.4 Å². The van der Waals surface area contributed by atoms with Crippen molar-refractivity contribution in [1.29, 1.82) is 0 Å². The molecule has 2 aliphatic heterocycles. The van der Waals surface area contributed by atoms with E-state index < -0.39 is 35.5 Å². The van der Waals surface area contributed by atoms with Crippen LogP contribution in [0.1, 0.15) is 38.5 Å². The van der Waals surface area contributed by atoms with Crippen molar-refractivity contribution in [1.82, 2.24) is 0 Å². The van der Waals surface area contributed by atoms with Gasteiger partial charge in [-0.15, -0.1) is 0 Å². The lowest BCUT2D eigenvalue weighted by molar-refractivity contribution is -0.145. The first-order valence-corrected chi connectivity index (χ1v) is 12.8. The Kier molecular flexibility index (Phi) is 4.23. The first-order chi connectivity index (χ1) is 17.2. The standard InChI is InChI=1S/C30H28O6/c1-12-5-7-18-14(3)29(34)36-27(18)23-19(12)11-20(31)30(23)10-9-16-6-8-17-13(2)28(33)35-26(17)21-15(4)25(32)24(30)22(16)21/h6,17-19,21,23,26-27H,1-5,7-11H2. The maximum absolute atomic E-state index is 14.1. The van der Waals surface area contributed by atoms with Crippen molar-refractivity contribution in [2.75, 3.05) is 0 Å². The minimum Gasteiger partial charge on any atom is -0.458 e. The van der Waals surface area contributed by atoms with Gasteiger partial charge in [0.15, 0.2) is 5.78 Å². The topological polar surface area (TPSA) is 86.7 Å². The lowest BCUT2D eigenvalue weighted by Crippen LogP contribution is -2.46. The number of fused-ring (bicyclic) bond motifs is 7. The molecular formula is C30H28O6. The fraction of sp³-hybridized carbons (Fsp3) is 0.467. The normalized spacial score (nSPS) is 43.1.